The third kappa shape index (κ3) is 4.52. The van der Waals surface area contributed by atoms with Crippen molar-refractivity contribution in [3.63, 3.8) is 0 Å². The Bertz CT molecular complexity index is 1390. The third-order valence-corrected chi connectivity index (χ3v) is 5.72. The van der Waals surface area contributed by atoms with Gasteiger partial charge in [-0.15, -0.1) is 0 Å². The summed E-state index contributed by atoms with van der Waals surface area (Å²) in [6, 6.07) is 22.5. The number of para-hydroxylation sites is 1. The first-order chi connectivity index (χ1) is 17.1. The van der Waals surface area contributed by atoms with Crippen LogP contribution in [-0.4, -0.2) is 31.7 Å². The molecule has 0 bridgehead atoms. The van der Waals surface area contributed by atoms with Gasteiger partial charge in [0.1, 0.15) is 17.3 Å². The summed E-state index contributed by atoms with van der Waals surface area (Å²) in [6.07, 6.45) is 6.32. The van der Waals surface area contributed by atoms with Gasteiger partial charge < -0.3 is 14.7 Å². The zero-order chi connectivity index (χ0) is 24.2. The van der Waals surface area contributed by atoms with E-state index in [0.717, 1.165) is 5.56 Å². The molecule has 7 heteroatoms. The lowest BCUT2D eigenvalue weighted by Gasteiger charge is -2.25. The minimum Gasteiger partial charge on any atom is -0.507 e. The van der Waals surface area contributed by atoms with Gasteiger partial charge in [0.05, 0.1) is 11.6 Å². The van der Waals surface area contributed by atoms with Crippen LogP contribution in [-0.2, 0) is 16.1 Å². The lowest BCUT2D eigenvalue weighted by Crippen LogP contribution is -2.29. The summed E-state index contributed by atoms with van der Waals surface area (Å²) in [5, 5.41) is 11.1. The number of aromatic nitrogens is 2. The van der Waals surface area contributed by atoms with E-state index in [9.17, 15) is 14.7 Å². The van der Waals surface area contributed by atoms with E-state index < -0.39 is 17.7 Å². The molecule has 172 valence electrons. The quantitative estimate of drug-likeness (QED) is 0.249. The molecule has 7 nitrogen and oxygen atoms in total. The number of ketones is 1. The minimum absolute atomic E-state index is 0.0157. The molecule has 0 radical (unpaired) electrons. The summed E-state index contributed by atoms with van der Waals surface area (Å²) < 4.78 is 5.98. The van der Waals surface area contributed by atoms with Crippen LogP contribution in [0.2, 0.25) is 0 Å². The van der Waals surface area contributed by atoms with Crippen LogP contribution in [0, 0.1) is 0 Å². The van der Waals surface area contributed by atoms with E-state index in [-0.39, 0.29) is 17.9 Å². The Morgan fingerprint density at radius 2 is 1.63 bits per heavy atom. The molecule has 1 atom stereocenters. The van der Waals surface area contributed by atoms with Crippen molar-refractivity contribution in [3.8, 4) is 11.5 Å². The van der Waals surface area contributed by atoms with Crippen LogP contribution in [0.3, 0.4) is 0 Å². The topological polar surface area (TPSA) is 92.6 Å². The Morgan fingerprint density at radius 3 is 2.37 bits per heavy atom. The van der Waals surface area contributed by atoms with E-state index in [4.69, 9.17) is 4.74 Å². The van der Waals surface area contributed by atoms with Crippen LogP contribution in [0.15, 0.2) is 109 Å². The van der Waals surface area contributed by atoms with E-state index >= 15 is 0 Å². The molecule has 2 aromatic heterocycles. The van der Waals surface area contributed by atoms with Crippen molar-refractivity contribution >= 4 is 17.4 Å². The number of carbonyl (C=O) groups is 2. The molecule has 1 unspecified atom stereocenters. The molecule has 5 rings (SSSR count). The third-order valence-electron chi connectivity index (χ3n) is 5.72. The second-order valence-corrected chi connectivity index (χ2v) is 8.01. The molecule has 3 heterocycles. The van der Waals surface area contributed by atoms with Crippen molar-refractivity contribution in [2.75, 3.05) is 0 Å². The van der Waals surface area contributed by atoms with Crippen LogP contribution in [0.5, 0.6) is 11.5 Å². The van der Waals surface area contributed by atoms with Gasteiger partial charge in [-0.05, 0) is 53.6 Å². The molecule has 1 amide bonds. The molecule has 2 aromatic carbocycles. The highest BCUT2D eigenvalue weighted by Crippen LogP contribution is 2.41. The van der Waals surface area contributed by atoms with E-state index in [2.05, 4.69) is 9.97 Å². The molecule has 1 saturated heterocycles. The summed E-state index contributed by atoms with van der Waals surface area (Å²) in [7, 11) is 0. The SMILES string of the molecule is O=C1C(=O)N(Cc2cccnc2)C(c2cccc(Oc3ccccc3)c2)C1=C(O)c1ccncc1. The van der Waals surface area contributed by atoms with Crippen LogP contribution in [0.4, 0.5) is 0 Å². The average molecular weight is 463 g/mol. The second kappa shape index (κ2) is 9.61. The van der Waals surface area contributed by atoms with Gasteiger partial charge >= 0.3 is 0 Å². The number of Topliss-reactive ketones (excluding diaryl/α,β-unsaturated/α-hetero) is 1. The molecule has 1 fully saturated rings. The first-order valence-electron chi connectivity index (χ1n) is 11.0. The fourth-order valence-corrected chi connectivity index (χ4v) is 4.12. The van der Waals surface area contributed by atoms with Crippen molar-refractivity contribution in [3.05, 3.63) is 126 Å². The second-order valence-electron chi connectivity index (χ2n) is 8.01. The number of aliphatic hydroxyl groups excluding tert-OH is 1. The predicted octanol–water partition coefficient (Wildman–Crippen LogP) is 4.89. The standard InChI is InChI=1S/C28H21N3O4/c32-26(20-11-14-29-15-12-20)24-25(31(28(34)27(24)33)18-19-6-5-13-30-17-19)21-7-4-10-23(16-21)35-22-8-2-1-3-9-22/h1-17,25,32H,18H2. The number of amides is 1. The van der Waals surface area contributed by atoms with Crippen molar-refractivity contribution in [2.45, 2.75) is 12.6 Å². The number of likely N-dealkylation sites (tertiary alicyclic amines) is 1. The van der Waals surface area contributed by atoms with Crippen molar-refractivity contribution in [2.24, 2.45) is 0 Å². The molecule has 0 saturated carbocycles. The molecule has 1 N–H and O–H groups in total. The van der Waals surface area contributed by atoms with Gasteiger partial charge in [-0.1, -0.05) is 36.4 Å². The Morgan fingerprint density at radius 1 is 0.857 bits per heavy atom. The molecule has 1 aliphatic heterocycles. The Kier molecular flexibility index (Phi) is 6.05. The van der Waals surface area contributed by atoms with E-state index in [1.807, 2.05) is 42.5 Å². The van der Waals surface area contributed by atoms with E-state index in [0.29, 0.717) is 22.6 Å². The first kappa shape index (κ1) is 22.0. The predicted molar refractivity (Wildman–Crippen MR) is 129 cm³/mol. The lowest BCUT2D eigenvalue weighted by atomic mass is 9.95. The number of benzene rings is 2. The molecule has 0 spiro atoms. The lowest BCUT2D eigenvalue weighted by molar-refractivity contribution is -0.140. The number of hydrogen-bond donors (Lipinski definition) is 1. The van der Waals surface area contributed by atoms with E-state index in [1.54, 1.807) is 48.8 Å². The average Bonchev–Trinajstić information content (AvgIpc) is 3.15. The van der Waals surface area contributed by atoms with Gasteiger partial charge in [-0.3, -0.25) is 19.6 Å². The zero-order valence-corrected chi connectivity index (χ0v) is 18.6. The molecule has 0 aliphatic carbocycles. The van der Waals surface area contributed by atoms with Gasteiger partial charge in [0.15, 0.2) is 0 Å². The van der Waals surface area contributed by atoms with Crippen molar-refractivity contribution in [1.29, 1.82) is 0 Å². The maximum atomic E-state index is 13.2. The molecule has 1 aliphatic rings. The molecular weight excluding hydrogens is 442 g/mol. The molecular formula is C28H21N3O4. The van der Waals surface area contributed by atoms with Gasteiger partial charge in [0.2, 0.25) is 0 Å². The Balaban J connectivity index is 1.61. The molecule has 4 aromatic rings. The number of rotatable bonds is 6. The smallest absolute Gasteiger partial charge is 0.295 e. The first-order valence-corrected chi connectivity index (χ1v) is 11.0. The molecule has 35 heavy (non-hydrogen) atoms. The van der Waals surface area contributed by atoms with Gasteiger partial charge in [-0.25, -0.2) is 0 Å². The monoisotopic (exact) mass is 463 g/mol. The van der Waals surface area contributed by atoms with Gasteiger partial charge in [0, 0.05) is 36.9 Å². The zero-order valence-electron chi connectivity index (χ0n) is 18.6. The highest BCUT2D eigenvalue weighted by atomic mass is 16.5. The van der Waals surface area contributed by atoms with Crippen molar-refractivity contribution < 1.29 is 19.4 Å². The maximum absolute atomic E-state index is 13.2. The van der Waals surface area contributed by atoms with Crippen LogP contribution in [0.1, 0.15) is 22.7 Å². The van der Waals surface area contributed by atoms with Crippen LogP contribution in [0.25, 0.3) is 5.76 Å². The van der Waals surface area contributed by atoms with Crippen LogP contribution >= 0.6 is 0 Å². The largest absolute Gasteiger partial charge is 0.507 e. The summed E-state index contributed by atoms with van der Waals surface area (Å²) in [5.74, 6) is -0.486. The maximum Gasteiger partial charge on any atom is 0.295 e. The fraction of sp³-hybridized carbons (Fsp3) is 0.0714. The fourth-order valence-electron chi connectivity index (χ4n) is 4.12. The van der Waals surface area contributed by atoms with Gasteiger partial charge in [-0.2, -0.15) is 0 Å². The van der Waals surface area contributed by atoms with E-state index in [1.165, 1.54) is 17.3 Å². The number of aliphatic hydroxyl groups is 1. The number of hydrogen-bond acceptors (Lipinski definition) is 6. The van der Waals surface area contributed by atoms with Crippen molar-refractivity contribution in [1.82, 2.24) is 14.9 Å². The Labute approximate surface area is 202 Å². The highest BCUT2D eigenvalue weighted by molar-refractivity contribution is 6.46. The number of carbonyl (C=O) groups excluding carboxylic acids is 2. The van der Waals surface area contributed by atoms with Gasteiger partial charge in [0.25, 0.3) is 11.7 Å². The van der Waals surface area contributed by atoms with Crippen LogP contribution < -0.4 is 4.74 Å². The number of ether oxygens (including phenoxy) is 1. The minimum atomic E-state index is -0.817. The summed E-state index contributed by atoms with van der Waals surface area (Å²) in [6.45, 7) is 0.153. The number of nitrogens with zero attached hydrogens (tertiary/aromatic N) is 3. The summed E-state index contributed by atoms with van der Waals surface area (Å²) in [5.41, 5.74) is 1.82. The highest BCUT2D eigenvalue weighted by Gasteiger charge is 2.46. The normalized spacial score (nSPS) is 16.9. The number of pyridine rings is 2. The summed E-state index contributed by atoms with van der Waals surface area (Å²) >= 11 is 0. The Hall–Kier alpha value is -4.78. The summed E-state index contributed by atoms with van der Waals surface area (Å²) in [4.78, 5) is 35.9.